The van der Waals surface area contributed by atoms with Gasteiger partial charge >= 0.3 is 58.2 Å². The van der Waals surface area contributed by atoms with Crippen molar-refractivity contribution in [3.05, 3.63) is 41.2 Å². The van der Waals surface area contributed by atoms with Gasteiger partial charge in [-0.1, -0.05) is 26.3 Å². The SMILES string of the molecule is CC.[B][C-](C)c1ccc(C)cc1.[Rb+]. The van der Waals surface area contributed by atoms with E-state index in [9.17, 15) is 0 Å². The molecule has 0 nitrogen and oxygen atoms in total. The Morgan fingerprint density at radius 3 is 1.77 bits per heavy atom. The Morgan fingerprint density at radius 2 is 1.46 bits per heavy atom. The fourth-order valence-electron chi connectivity index (χ4n) is 0.816. The smallest absolute Gasteiger partial charge is 0.213 e. The third kappa shape index (κ3) is 6.96. The summed E-state index contributed by atoms with van der Waals surface area (Å²) in [6, 6.07) is 8.19. The summed E-state index contributed by atoms with van der Waals surface area (Å²) in [5.41, 5.74) is 2.38. The number of hydrogen-bond donors (Lipinski definition) is 0. The van der Waals surface area contributed by atoms with Crippen molar-refractivity contribution in [1.29, 1.82) is 0 Å². The maximum absolute atomic E-state index is 5.58. The van der Waals surface area contributed by atoms with E-state index in [1.165, 1.54) is 5.56 Å². The van der Waals surface area contributed by atoms with Crippen LogP contribution < -0.4 is 58.2 Å². The van der Waals surface area contributed by atoms with Crippen LogP contribution in [-0.4, -0.2) is 7.85 Å². The van der Waals surface area contributed by atoms with Gasteiger partial charge in [0.05, 0.1) is 0 Å². The van der Waals surface area contributed by atoms with Gasteiger partial charge in [0.15, 0.2) is 0 Å². The Labute approximate surface area is 133 Å². The van der Waals surface area contributed by atoms with Crippen LogP contribution in [0.3, 0.4) is 0 Å². The summed E-state index contributed by atoms with van der Waals surface area (Å²) in [4.78, 5) is 0. The van der Waals surface area contributed by atoms with Crippen LogP contribution >= 0.6 is 0 Å². The number of aryl methyl sites for hydroxylation is 1. The zero-order chi connectivity index (χ0) is 9.56. The average Bonchev–Trinajstić information content (AvgIpc) is 2.09. The van der Waals surface area contributed by atoms with Gasteiger partial charge in [-0.15, -0.1) is 12.1 Å². The van der Waals surface area contributed by atoms with Gasteiger partial charge in [-0.05, 0) is 6.92 Å². The molecule has 0 aliphatic rings. The van der Waals surface area contributed by atoms with Crippen LogP contribution in [0.1, 0.15) is 31.9 Å². The summed E-state index contributed by atoms with van der Waals surface area (Å²) >= 11 is 0. The van der Waals surface area contributed by atoms with Crippen LogP contribution in [0, 0.1) is 12.7 Å². The second-order valence-electron chi connectivity index (χ2n) is 2.55. The molecule has 0 aliphatic carbocycles. The Balaban J connectivity index is 0. The van der Waals surface area contributed by atoms with Crippen LogP contribution in [0.4, 0.5) is 0 Å². The van der Waals surface area contributed by atoms with Gasteiger partial charge in [0.25, 0.3) is 0 Å². The molecule has 1 aromatic rings. The zero-order valence-electron chi connectivity index (χ0n) is 9.39. The molecular weight excluding hydrogens is 228 g/mol. The summed E-state index contributed by atoms with van der Waals surface area (Å²) in [6.07, 6.45) is 0. The third-order valence-corrected chi connectivity index (χ3v) is 1.51. The second-order valence-corrected chi connectivity index (χ2v) is 2.55. The van der Waals surface area contributed by atoms with Gasteiger partial charge < -0.3 is 0 Å². The molecule has 64 valence electrons. The van der Waals surface area contributed by atoms with E-state index in [1.54, 1.807) is 0 Å². The van der Waals surface area contributed by atoms with Gasteiger partial charge in [0, 0.05) is 7.85 Å². The largest absolute Gasteiger partial charge is 1.00 e. The molecule has 13 heavy (non-hydrogen) atoms. The van der Waals surface area contributed by atoms with E-state index in [4.69, 9.17) is 7.85 Å². The third-order valence-electron chi connectivity index (χ3n) is 1.51. The van der Waals surface area contributed by atoms with Gasteiger partial charge in [-0.3, -0.25) is 0 Å². The van der Waals surface area contributed by atoms with Crippen molar-refractivity contribution >= 4 is 7.85 Å². The fourth-order valence-corrected chi connectivity index (χ4v) is 0.816. The maximum Gasteiger partial charge on any atom is 1.00 e. The van der Waals surface area contributed by atoms with E-state index in [0.717, 1.165) is 11.4 Å². The van der Waals surface area contributed by atoms with Crippen LogP contribution in [0.25, 0.3) is 0 Å². The predicted octanol–water partition coefficient (Wildman–Crippen LogP) is 0.0937. The van der Waals surface area contributed by atoms with Crippen LogP contribution in [0.5, 0.6) is 0 Å². The van der Waals surface area contributed by atoms with E-state index >= 15 is 0 Å². The maximum atomic E-state index is 5.58. The van der Waals surface area contributed by atoms with Crippen molar-refractivity contribution in [2.45, 2.75) is 27.7 Å². The molecule has 1 aromatic carbocycles. The summed E-state index contributed by atoms with van der Waals surface area (Å²) in [5, 5.41) is 0. The molecule has 0 spiro atoms. The molecular formula is C11H16BRb. The molecule has 0 saturated carbocycles. The second kappa shape index (κ2) is 9.51. The van der Waals surface area contributed by atoms with Crippen molar-refractivity contribution in [2.75, 3.05) is 0 Å². The standard InChI is InChI=1S/C9H10B.C2H6.Rb/c1-7-3-5-9(6-4-7)8(2)10;1-2;/h3-6H,1-2H3;1-2H3;/q-1;;+1. The number of hydrogen-bond acceptors (Lipinski definition) is 0. The Hall–Kier alpha value is 0.960. The topological polar surface area (TPSA) is 0 Å². The first-order chi connectivity index (χ1) is 5.70. The summed E-state index contributed by atoms with van der Waals surface area (Å²) in [6.45, 7) is 7.97. The van der Waals surface area contributed by atoms with Crippen LogP contribution in [0.15, 0.2) is 24.3 Å². The molecule has 0 atom stereocenters. The Kier molecular flexibility index (Phi) is 12.0. The van der Waals surface area contributed by atoms with Gasteiger partial charge in [0.2, 0.25) is 0 Å². The zero-order valence-corrected chi connectivity index (χ0v) is 14.3. The molecule has 0 saturated heterocycles. The molecule has 0 aromatic heterocycles. The predicted molar refractivity (Wildman–Crippen MR) is 56.3 cm³/mol. The quantitative estimate of drug-likeness (QED) is 0.485. The normalized spacial score (nSPS) is 7.69. The number of rotatable bonds is 1. The molecule has 1 rings (SSSR count). The van der Waals surface area contributed by atoms with Crippen molar-refractivity contribution in [1.82, 2.24) is 0 Å². The minimum absolute atomic E-state index is 0. The molecule has 0 aliphatic heterocycles. The minimum Gasteiger partial charge on any atom is -0.213 e. The van der Waals surface area contributed by atoms with Crippen molar-refractivity contribution in [2.24, 2.45) is 0 Å². The molecule has 2 heteroatoms. The Bertz CT molecular complexity index is 204. The minimum atomic E-state index is 0. The van der Waals surface area contributed by atoms with Crippen molar-refractivity contribution in [3.8, 4) is 0 Å². The molecule has 0 fully saturated rings. The first-order valence-electron chi connectivity index (χ1n) is 4.36. The summed E-state index contributed by atoms with van der Waals surface area (Å²) in [7, 11) is 5.58. The van der Waals surface area contributed by atoms with Gasteiger partial charge in [-0.25, -0.2) is 5.82 Å². The monoisotopic (exact) mass is 244 g/mol. The van der Waals surface area contributed by atoms with E-state index in [1.807, 2.05) is 32.9 Å². The first-order valence-corrected chi connectivity index (χ1v) is 4.36. The van der Waals surface area contributed by atoms with Crippen molar-refractivity contribution in [3.63, 3.8) is 0 Å². The summed E-state index contributed by atoms with van der Waals surface area (Å²) < 4.78 is 0. The van der Waals surface area contributed by atoms with E-state index in [-0.39, 0.29) is 58.2 Å². The van der Waals surface area contributed by atoms with E-state index in [2.05, 4.69) is 19.1 Å². The molecule has 2 radical (unpaired) electrons. The molecule has 0 heterocycles. The number of benzene rings is 1. The molecule has 0 bridgehead atoms. The van der Waals surface area contributed by atoms with Gasteiger partial charge in [-0.2, -0.15) is 17.7 Å². The van der Waals surface area contributed by atoms with Crippen molar-refractivity contribution < 1.29 is 58.2 Å². The first kappa shape index (κ1) is 16.4. The Morgan fingerprint density at radius 1 is 1.08 bits per heavy atom. The fraction of sp³-hybridized carbons (Fsp3) is 0.364. The van der Waals surface area contributed by atoms with Gasteiger partial charge in [0.1, 0.15) is 0 Å². The van der Waals surface area contributed by atoms with E-state index in [0.29, 0.717) is 0 Å². The summed E-state index contributed by atoms with van der Waals surface area (Å²) in [5.74, 6) is 0.875. The van der Waals surface area contributed by atoms with Crippen LogP contribution in [-0.2, 0) is 0 Å². The van der Waals surface area contributed by atoms with E-state index < -0.39 is 0 Å². The average molecular weight is 245 g/mol. The molecule has 0 N–H and O–H groups in total. The molecule has 0 amide bonds. The van der Waals surface area contributed by atoms with Crippen LogP contribution in [0.2, 0.25) is 0 Å². The molecule has 0 unspecified atom stereocenters.